The Balaban J connectivity index is 1.63. The highest BCUT2D eigenvalue weighted by Gasteiger charge is 2.38. The maximum atomic E-state index is 13.4. The number of pyridine rings is 1. The van der Waals surface area contributed by atoms with Gasteiger partial charge < -0.3 is 4.90 Å². The minimum absolute atomic E-state index is 0.0603. The smallest absolute Gasteiger partial charge is 0.351 e. The van der Waals surface area contributed by atoms with Crippen LogP contribution in [-0.2, 0) is 24.9 Å². The van der Waals surface area contributed by atoms with E-state index in [4.69, 9.17) is 0 Å². The first kappa shape index (κ1) is 18.3. The first-order valence-electron chi connectivity index (χ1n) is 8.90. The molecule has 1 atom stereocenters. The number of nitrogens with zero attached hydrogens (tertiary/aromatic N) is 4. The number of thioether (sulfide) groups is 1. The molecule has 0 radical (unpaired) electrons. The molecule has 0 spiro atoms. The van der Waals surface area contributed by atoms with Gasteiger partial charge in [0.1, 0.15) is 5.82 Å². The monoisotopic (exact) mass is 396 g/mol. The van der Waals surface area contributed by atoms with Gasteiger partial charge in [-0.25, -0.2) is 9.67 Å². The van der Waals surface area contributed by atoms with E-state index in [1.54, 1.807) is 22.7 Å². The van der Waals surface area contributed by atoms with Gasteiger partial charge in [-0.15, -0.1) is 0 Å². The number of aryl methyl sites for hydroxylation is 1. The summed E-state index contributed by atoms with van der Waals surface area (Å²) in [5.74, 6) is 1.70. The van der Waals surface area contributed by atoms with Gasteiger partial charge in [0, 0.05) is 31.0 Å². The minimum atomic E-state index is -4.46. The number of halogens is 3. The number of alkyl halides is 3. The molecule has 27 heavy (non-hydrogen) atoms. The molecule has 5 nitrogen and oxygen atoms in total. The van der Waals surface area contributed by atoms with Crippen LogP contribution in [0, 0.1) is 0 Å². The summed E-state index contributed by atoms with van der Waals surface area (Å²) >= 11 is 1.78. The van der Waals surface area contributed by atoms with Crippen molar-refractivity contribution in [3.63, 3.8) is 0 Å². The average Bonchev–Trinajstić information content (AvgIpc) is 3.10. The molecule has 2 aliphatic heterocycles. The highest BCUT2D eigenvalue weighted by molar-refractivity contribution is 7.98. The first-order valence-corrected chi connectivity index (χ1v) is 10.1. The average molecular weight is 396 g/mol. The Hall–Kier alpha value is -2.03. The molecule has 0 N–H and O–H groups in total. The second-order valence-electron chi connectivity index (χ2n) is 6.80. The summed E-state index contributed by atoms with van der Waals surface area (Å²) in [6.07, 6.45) is -0.812. The summed E-state index contributed by atoms with van der Waals surface area (Å²) in [4.78, 5) is 18.1. The summed E-state index contributed by atoms with van der Waals surface area (Å²) in [6.45, 7) is 0.758. The number of rotatable bonds is 3. The van der Waals surface area contributed by atoms with Crippen molar-refractivity contribution in [1.29, 1.82) is 0 Å². The summed E-state index contributed by atoms with van der Waals surface area (Å²) in [7, 11) is 0. The van der Waals surface area contributed by atoms with Crippen molar-refractivity contribution in [3.8, 4) is 0 Å². The summed E-state index contributed by atoms with van der Waals surface area (Å²) in [5.41, 5.74) is 0.964. The fraction of sp³-hybridized carbons (Fsp3) is 0.500. The molecule has 1 unspecified atom stereocenters. The fourth-order valence-corrected chi connectivity index (χ4v) is 4.69. The molecule has 4 heterocycles. The highest BCUT2D eigenvalue weighted by atomic mass is 32.2. The van der Waals surface area contributed by atoms with Crippen molar-refractivity contribution in [1.82, 2.24) is 14.8 Å². The molecular formula is C18H19F3N4OS. The Morgan fingerprint density at radius 1 is 1.33 bits per heavy atom. The molecule has 0 aliphatic carbocycles. The van der Waals surface area contributed by atoms with Gasteiger partial charge in [-0.3, -0.25) is 4.79 Å². The molecule has 0 saturated carbocycles. The second kappa shape index (κ2) is 7.18. The molecule has 1 fully saturated rings. The van der Waals surface area contributed by atoms with Crippen molar-refractivity contribution in [3.05, 3.63) is 51.6 Å². The van der Waals surface area contributed by atoms with Crippen LogP contribution in [0.3, 0.4) is 0 Å². The van der Waals surface area contributed by atoms with E-state index in [0.29, 0.717) is 13.0 Å². The SMILES string of the molecule is O=c1cc2c(nn1CC1CCCN1c1ncccc1C(F)(F)F)CCSC2. The standard InChI is InChI=1S/C18H19F3N4OS/c19-18(20,21)14-4-1-6-22-17(14)24-7-2-3-13(24)10-25-16(26)9-12-11-27-8-5-15(12)23-25/h1,4,6,9,13H,2-3,5,7-8,10-11H2. The zero-order chi connectivity index (χ0) is 19.0. The molecule has 2 aliphatic rings. The van der Waals surface area contributed by atoms with Gasteiger partial charge in [0.2, 0.25) is 0 Å². The fourth-order valence-electron chi connectivity index (χ4n) is 3.73. The van der Waals surface area contributed by atoms with Crippen molar-refractivity contribution < 1.29 is 13.2 Å². The Bertz CT molecular complexity index is 899. The van der Waals surface area contributed by atoms with Gasteiger partial charge in [0.05, 0.1) is 23.8 Å². The topological polar surface area (TPSA) is 51.0 Å². The lowest BCUT2D eigenvalue weighted by molar-refractivity contribution is -0.137. The Morgan fingerprint density at radius 2 is 2.19 bits per heavy atom. The van der Waals surface area contributed by atoms with E-state index in [1.165, 1.54) is 16.9 Å². The van der Waals surface area contributed by atoms with Crippen molar-refractivity contribution in [2.45, 2.75) is 43.8 Å². The van der Waals surface area contributed by atoms with Crippen LogP contribution in [-0.4, -0.2) is 33.1 Å². The Morgan fingerprint density at radius 3 is 3.00 bits per heavy atom. The van der Waals surface area contributed by atoms with Crippen molar-refractivity contribution in [2.75, 3.05) is 17.2 Å². The van der Waals surface area contributed by atoms with Gasteiger partial charge in [-0.1, -0.05) is 0 Å². The zero-order valence-electron chi connectivity index (χ0n) is 14.6. The summed E-state index contributed by atoms with van der Waals surface area (Å²) < 4.78 is 41.5. The Labute approximate surface area is 158 Å². The van der Waals surface area contributed by atoms with Gasteiger partial charge in [0.25, 0.3) is 5.56 Å². The van der Waals surface area contributed by atoms with E-state index >= 15 is 0 Å². The predicted octanol–water partition coefficient (Wildman–Crippen LogP) is 3.12. The van der Waals surface area contributed by atoms with E-state index in [9.17, 15) is 18.0 Å². The van der Waals surface area contributed by atoms with E-state index < -0.39 is 11.7 Å². The van der Waals surface area contributed by atoms with Crippen LogP contribution in [0.4, 0.5) is 19.0 Å². The van der Waals surface area contributed by atoms with E-state index in [0.717, 1.165) is 41.7 Å². The number of hydrogen-bond acceptors (Lipinski definition) is 5. The van der Waals surface area contributed by atoms with Crippen LogP contribution in [0.25, 0.3) is 0 Å². The normalized spacial score (nSPS) is 20.0. The lowest BCUT2D eigenvalue weighted by atomic mass is 10.1. The number of hydrogen-bond donors (Lipinski definition) is 0. The van der Waals surface area contributed by atoms with Crippen molar-refractivity contribution >= 4 is 17.6 Å². The van der Waals surface area contributed by atoms with Gasteiger partial charge in [-0.2, -0.15) is 30.0 Å². The van der Waals surface area contributed by atoms with Crippen LogP contribution < -0.4 is 10.5 Å². The number of anilines is 1. The number of fused-ring (bicyclic) bond motifs is 1. The van der Waals surface area contributed by atoms with Crippen LogP contribution in [0.2, 0.25) is 0 Å². The van der Waals surface area contributed by atoms with Gasteiger partial charge >= 0.3 is 6.18 Å². The van der Waals surface area contributed by atoms with Crippen LogP contribution in [0.1, 0.15) is 29.7 Å². The van der Waals surface area contributed by atoms with Crippen LogP contribution in [0.5, 0.6) is 0 Å². The lowest BCUT2D eigenvalue weighted by Gasteiger charge is -2.28. The molecule has 2 aromatic heterocycles. The molecule has 0 amide bonds. The second-order valence-corrected chi connectivity index (χ2v) is 7.91. The summed E-state index contributed by atoms with van der Waals surface area (Å²) in [6, 6.07) is 3.74. The largest absolute Gasteiger partial charge is 0.419 e. The third kappa shape index (κ3) is 3.69. The first-order chi connectivity index (χ1) is 12.9. The molecule has 0 bridgehead atoms. The third-order valence-corrected chi connectivity index (χ3v) is 6.04. The maximum absolute atomic E-state index is 13.4. The van der Waals surface area contributed by atoms with Crippen molar-refractivity contribution in [2.24, 2.45) is 0 Å². The van der Waals surface area contributed by atoms with E-state index in [2.05, 4.69) is 10.1 Å². The van der Waals surface area contributed by atoms with Gasteiger partial charge in [-0.05, 0) is 36.3 Å². The minimum Gasteiger partial charge on any atom is -0.351 e. The zero-order valence-corrected chi connectivity index (χ0v) is 15.4. The van der Waals surface area contributed by atoms with Gasteiger partial charge in [0.15, 0.2) is 0 Å². The molecular weight excluding hydrogens is 377 g/mol. The van der Waals surface area contributed by atoms with E-state index in [-0.39, 0.29) is 24.0 Å². The van der Waals surface area contributed by atoms with Crippen LogP contribution >= 0.6 is 11.8 Å². The molecule has 144 valence electrons. The molecule has 9 heteroatoms. The Kier molecular flexibility index (Phi) is 4.88. The molecule has 1 saturated heterocycles. The molecule has 4 rings (SSSR count). The van der Waals surface area contributed by atoms with E-state index in [1.807, 2.05) is 0 Å². The molecule has 2 aromatic rings. The molecule has 0 aromatic carbocycles. The quantitative estimate of drug-likeness (QED) is 0.798. The predicted molar refractivity (Wildman–Crippen MR) is 98.0 cm³/mol. The van der Waals surface area contributed by atoms with Crippen LogP contribution in [0.15, 0.2) is 29.2 Å². The lowest BCUT2D eigenvalue weighted by Crippen LogP contribution is -2.39. The third-order valence-electron chi connectivity index (χ3n) is 5.03. The number of aromatic nitrogens is 3. The maximum Gasteiger partial charge on any atom is 0.419 e. The summed E-state index contributed by atoms with van der Waals surface area (Å²) in [5, 5.41) is 4.50. The highest BCUT2D eigenvalue weighted by Crippen LogP contribution is 2.37.